The number of carbonyl (C=O) groups excluding carboxylic acids is 1. The minimum atomic E-state index is -0.317. The van der Waals surface area contributed by atoms with Gasteiger partial charge < -0.3 is 10.4 Å². The quantitative estimate of drug-likeness (QED) is 0.658. The molecule has 1 aromatic rings. The van der Waals surface area contributed by atoms with E-state index < -0.39 is 0 Å². The fourth-order valence-corrected chi connectivity index (χ4v) is 1.18. The minimum Gasteiger partial charge on any atom is -0.392 e. The third-order valence-electron chi connectivity index (χ3n) is 1.56. The SMILES string of the molecule is C/C(=C\CNC(=O)Nc1cnns1)CO. The zero-order valence-corrected chi connectivity index (χ0v) is 9.04. The summed E-state index contributed by atoms with van der Waals surface area (Å²) in [5, 5.41) is 18.0. The van der Waals surface area contributed by atoms with Crippen LogP contribution in [0, 0.1) is 0 Å². The number of nitrogens with zero attached hydrogens (tertiary/aromatic N) is 2. The summed E-state index contributed by atoms with van der Waals surface area (Å²) in [5.41, 5.74) is 0.815. The van der Waals surface area contributed by atoms with Gasteiger partial charge in [0.25, 0.3) is 0 Å². The molecular weight excluding hydrogens is 216 g/mol. The number of urea groups is 1. The predicted molar refractivity (Wildman–Crippen MR) is 57.8 cm³/mol. The van der Waals surface area contributed by atoms with Gasteiger partial charge >= 0.3 is 6.03 Å². The van der Waals surface area contributed by atoms with Crippen LogP contribution in [0.15, 0.2) is 17.8 Å². The lowest BCUT2D eigenvalue weighted by Crippen LogP contribution is -2.28. The first kappa shape index (κ1) is 11.6. The molecule has 1 heterocycles. The average molecular weight is 228 g/mol. The molecule has 0 aliphatic carbocycles. The number of aromatic nitrogens is 2. The lowest BCUT2D eigenvalue weighted by atomic mass is 10.3. The maximum Gasteiger partial charge on any atom is 0.320 e. The zero-order chi connectivity index (χ0) is 11.1. The maximum absolute atomic E-state index is 11.2. The van der Waals surface area contributed by atoms with E-state index in [1.54, 1.807) is 13.0 Å². The van der Waals surface area contributed by atoms with Gasteiger partial charge in [-0.3, -0.25) is 5.32 Å². The lowest BCUT2D eigenvalue weighted by molar-refractivity contribution is 0.253. The second-order valence-electron chi connectivity index (χ2n) is 2.83. The van der Waals surface area contributed by atoms with Gasteiger partial charge in [-0.25, -0.2) is 4.79 Å². The highest BCUT2D eigenvalue weighted by Crippen LogP contribution is 2.07. The first-order valence-electron chi connectivity index (χ1n) is 4.31. The first-order valence-corrected chi connectivity index (χ1v) is 5.08. The Morgan fingerprint density at radius 3 is 3.13 bits per heavy atom. The van der Waals surface area contributed by atoms with Gasteiger partial charge in [-0.15, -0.1) is 5.10 Å². The van der Waals surface area contributed by atoms with Gasteiger partial charge in [0.1, 0.15) is 5.00 Å². The van der Waals surface area contributed by atoms with E-state index in [2.05, 4.69) is 20.2 Å². The first-order chi connectivity index (χ1) is 7.22. The number of hydrogen-bond acceptors (Lipinski definition) is 5. The Morgan fingerprint density at radius 1 is 1.73 bits per heavy atom. The summed E-state index contributed by atoms with van der Waals surface area (Å²) in [5.74, 6) is 0. The van der Waals surface area contributed by atoms with Crippen molar-refractivity contribution < 1.29 is 9.90 Å². The van der Waals surface area contributed by atoms with Gasteiger partial charge in [0.05, 0.1) is 12.8 Å². The van der Waals surface area contributed by atoms with E-state index in [-0.39, 0.29) is 12.6 Å². The van der Waals surface area contributed by atoms with E-state index in [0.29, 0.717) is 11.5 Å². The fourth-order valence-electron chi connectivity index (χ4n) is 0.761. The number of rotatable bonds is 4. The van der Waals surface area contributed by atoms with E-state index in [1.807, 2.05) is 0 Å². The van der Waals surface area contributed by atoms with Gasteiger partial charge in [0.2, 0.25) is 0 Å². The molecule has 0 saturated heterocycles. The second-order valence-corrected chi connectivity index (χ2v) is 3.61. The highest BCUT2D eigenvalue weighted by atomic mass is 32.1. The molecule has 0 aliphatic heterocycles. The van der Waals surface area contributed by atoms with Crippen LogP contribution in [0.3, 0.4) is 0 Å². The molecule has 0 aromatic carbocycles. The molecule has 0 atom stereocenters. The van der Waals surface area contributed by atoms with Crippen LogP contribution in [0.4, 0.5) is 9.80 Å². The Morgan fingerprint density at radius 2 is 2.53 bits per heavy atom. The van der Waals surface area contributed by atoms with Crippen molar-refractivity contribution >= 4 is 22.6 Å². The standard InChI is InChI=1S/C8H12N4O2S/c1-6(5-13)2-3-9-8(14)11-7-4-10-12-15-7/h2,4,13H,3,5H2,1H3,(H2,9,11,14)/b6-2+. The topological polar surface area (TPSA) is 87.1 Å². The fraction of sp³-hybridized carbons (Fsp3) is 0.375. The monoisotopic (exact) mass is 228 g/mol. The summed E-state index contributed by atoms with van der Waals surface area (Å²) < 4.78 is 3.60. The summed E-state index contributed by atoms with van der Waals surface area (Å²) >= 11 is 1.11. The molecule has 0 aliphatic rings. The summed E-state index contributed by atoms with van der Waals surface area (Å²) in [4.78, 5) is 11.2. The molecule has 2 amide bonds. The number of carbonyl (C=O) groups is 1. The van der Waals surface area contributed by atoms with Gasteiger partial charge in [-0.2, -0.15) is 0 Å². The molecule has 6 nitrogen and oxygen atoms in total. The van der Waals surface area contributed by atoms with Crippen LogP contribution in [0.2, 0.25) is 0 Å². The number of aliphatic hydroxyl groups excluding tert-OH is 1. The average Bonchev–Trinajstić information content (AvgIpc) is 2.70. The van der Waals surface area contributed by atoms with Crippen molar-refractivity contribution in [3.8, 4) is 0 Å². The maximum atomic E-state index is 11.2. The van der Waals surface area contributed by atoms with Crippen molar-refractivity contribution in [1.29, 1.82) is 0 Å². The van der Waals surface area contributed by atoms with Crippen molar-refractivity contribution in [2.24, 2.45) is 0 Å². The Balaban J connectivity index is 2.25. The van der Waals surface area contributed by atoms with Crippen LogP contribution in [0.1, 0.15) is 6.92 Å². The van der Waals surface area contributed by atoms with Gasteiger partial charge in [0.15, 0.2) is 0 Å². The highest BCUT2D eigenvalue weighted by molar-refractivity contribution is 7.10. The van der Waals surface area contributed by atoms with Crippen LogP contribution in [0.25, 0.3) is 0 Å². The molecule has 7 heteroatoms. The van der Waals surface area contributed by atoms with Gasteiger partial charge in [-0.05, 0) is 6.92 Å². The summed E-state index contributed by atoms with van der Waals surface area (Å²) in [6.07, 6.45) is 3.21. The summed E-state index contributed by atoms with van der Waals surface area (Å²) in [6, 6.07) is -0.317. The van der Waals surface area contributed by atoms with E-state index in [4.69, 9.17) is 5.11 Å². The van der Waals surface area contributed by atoms with Crippen LogP contribution < -0.4 is 10.6 Å². The molecule has 0 unspecified atom stereocenters. The molecule has 1 rings (SSSR count). The summed E-state index contributed by atoms with van der Waals surface area (Å²) in [7, 11) is 0. The van der Waals surface area contributed by atoms with Crippen molar-refractivity contribution in [1.82, 2.24) is 14.9 Å². The molecule has 0 bridgehead atoms. The smallest absolute Gasteiger partial charge is 0.320 e. The molecular formula is C8H12N4O2S. The number of amides is 2. The molecule has 0 fully saturated rings. The van der Waals surface area contributed by atoms with Crippen LogP contribution in [0.5, 0.6) is 0 Å². The van der Waals surface area contributed by atoms with Crippen molar-refractivity contribution in [2.45, 2.75) is 6.92 Å². The minimum absolute atomic E-state index is 0.00205. The van der Waals surface area contributed by atoms with Crippen LogP contribution >= 0.6 is 11.5 Å². The van der Waals surface area contributed by atoms with E-state index in [9.17, 15) is 4.79 Å². The van der Waals surface area contributed by atoms with Crippen molar-refractivity contribution in [3.05, 3.63) is 17.8 Å². The van der Waals surface area contributed by atoms with Gasteiger partial charge in [-0.1, -0.05) is 16.1 Å². The van der Waals surface area contributed by atoms with Crippen molar-refractivity contribution in [3.63, 3.8) is 0 Å². The largest absolute Gasteiger partial charge is 0.392 e. The normalized spacial score (nSPS) is 11.2. The predicted octanol–water partition coefficient (Wildman–Crippen LogP) is 0.598. The molecule has 1 aromatic heterocycles. The molecule has 82 valence electrons. The molecule has 0 radical (unpaired) electrons. The lowest BCUT2D eigenvalue weighted by Gasteiger charge is -2.02. The number of nitrogens with one attached hydrogen (secondary N) is 2. The Kier molecular flexibility index (Phi) is 4.72. The third kappa shape index (κ3) is 4.52. The molecule has 0 saturated carbocycles. The Hall–Kier alpha value is -1.47. The Labute approximate surface area is 91.2 Å². The van der Waals surface area contributed by atoms with E-state index >= 15 is 0 Å². The molecule has 0 spiro atoms. The number of aliphatic hydroxyl groups is 1. The van der Waals surface area contributed by atoms with Crippen LogP contribution in [-0.2, 0) is 0 Å². The molecule has 15 heavy (non-hydrogen) atoms. The van der Waals surface area contributed by atoms with E-state index in [0.717, 1.165) is 17.1 Å². The van der Waals surface area contributed by atoms with Crippen LogP contribution in [-0.4, -0.2) is 33.9 Å². The Bertz CT molecular complexity index is 336. The number of hydrogen-bond donors (Lipinski definition) is 3. The molecule has 3 N–H and O–H groups in total. The third-order valence-corrected chi connectivity index (χ3v) is 2.14. The van der Waals surface area contributed by atoms with E-state index in [1.165, 1.54) is 6.20 Å². The van der Waals surface area contributed by atoms with Crippen molar-refractivity contribution in [2.75, 3.05) is 18.5 Å². The number of anilines is 1. The van der Waals surface area contributed by atoms with Gasteiger partial charge in [0, 0.05) is 18.1 Å². The zero-order valence-electron chi connectivity index (χ0n) is 8.23. The second kappa shape index (κ2) is 6.10. The summed E-state index contributed by atoms with van der Waals surface area (Å²) in [6.45, 7) is 2.17. The highest BCUT2D eigenvalue weighted by Gasteiger charge is 2.01.